The molecule has 0 saturated carbocycles. The van der Waals surface area contributed by atoms with E-state index in [0.29, 0.717) is 5.69 Å². The quantitative estimate of drug-likeness (QED) is 0.787. The summed E-state index contributed by atoms with van der Waals surface area (Å²) in [5, 5.41) is 1.89. The van der Waals surface area contributed by atoms with E-state index < -0.39 is 0 Å². The Labute approximate surface area is 93.2 Å². The van der Waals surface area contributed by atoms with Gasteiger partial charge in [-0.2, -0.15) is 0 Å². The number of nitrogens with two attached hydrogens (primary N) is 1. The van der Waals surface area contributed by atoms with Crippen LogP contribution in [0.2, 0.25) is 0 Å². The van der Waals surface area contributed by atoms with E-state index in [1.807, 2.05) is 5.38 Å². The topological polar surface area (TPSA) is 47.3 Å². The van der Waals surface area contributed by atoms with Crippen molar-refractivity contribution in [2.75, 3.05) is 12.8 Å². The molecule has 14 heavy (non-hydrogen) atoms. The summed E-state index contributed by atoms with van der Waals surface area (Å²) in [7, 11) is 1.64. The molecule has 1 heterocycles. The number of anilines is 1. The maximum atomic E-state index is 5.74. The van der Waals surface area contributed by atoms with Gasteiger partial charge in [0, 0.05) is 10.9 Å². The van der Waals surface area contributed by atoms with Gasteiger partial charge in [-0.3, -0.25) is 4.72 Å². The molecule has 0 saturated heterocycles. The van der Waals surface area contributed by atoms with Crippen LogP contribution in [0.25, 0.3) is 0 Å². The first-order valence-corrected chi connectivity index (χ1v) is 5.98. The van der Waals surface area contributed by atoms with E-state index >= 15 is 0 Å². The molecule has 3 nitrogen and oxygen atoms in total. The molecule has 1 aromatic rings. The van der Waals surface area contributed by atoms with Gasteiger partial charge < -0.3 is 10.5 Å². The zero-order chi connectivity index (χ0) is 10.8. The smallest absolute Gasteiger partial charge is 0.167 e. The van der Waals surface area contributed by atoms with E-state index in [1.54, 1.807) is 30.4 Å². The molecule has 0 aliphatic carbocycles. The second kappa shape index (κ2) is 4.42. The third-order valence-corrected chi connectivity index (χ3v) is 3.79. The van der Waals surface area contributed by atoms with Crippen molar-refractivity contribution in [3.63, 3.8) is 0 Å². The van der Waals surface area contributed by atoms with Gasteiger partial charge in [0.15, 0.2) is 5.75 Å². The second-order valence-corrected chi connectivity index (χ2v) is 5.92. The van der Waals surface area contributed by atoms with Gasteiger partial charge in [0.25, 0.3) is 0 Å². The summed E-state index contributed by atoms with van der Waals surface area (Å²) in [4.78, 5) is 0. The summed E-state index contributed by atoms with van der Waals surface area (Å²) in [5.41, 5.74) is 6.52. The molecule has 0 bridgehead atoms. The number of methoxy groups -OCH3 is 1. The van der Waals surface area contributed by atoms with Crippen molar-refractivity contribution in [3.8, 4) is 5.75 Å². The predicted octanol–water partition coefficient (Wildman–Crippen LogP) is 2.73. The van der Waals surface area contributed by atoms with Crippen molar-refractivity contribution < 1.29 is 4.74 Å². The van der Waals surface area contributed by atoms with Crippen LogP contribution in [-0.2, 0) is 0 Å². The van der Waals surface area contributed by atoms with E-state index in [-0.39, 0.29) is 5.54 Å². The maximum Gasteiger partial charge on any atom is 0.167 e. The van der Waals surface area contributed by atoms with Crippen LogP contribution in [0, 0.1) is 0 Å². The van der Waals surface area contributed by atoms with E-state index in [9.17, 15) is 0 Å². The Hall–Kier alpha value is -0.390. The lowest BCUT2D eigenvalue weighted by Gasteiger charge is -2.19. The summed E-state index contributed by atoms with van der Waals surface area (Å²) in [5.74, 6) is 0.775. The number of hydrogen-bond donors (Lipinski definition) is 2. The highest BCUT2D eigenvalue weighted by molar-refractivity contribution is 7.99. The fourth-order valence-electron chi connectivity index (χ4n) is 0.813. The molecule has 0 fully saturated rings. The molecule has 80 valence electrons. The van der Waals surface area contributed by atoms with Gasteiger partial charge >= 0.3 is 0 Å². The van der Waals surface area contributed by atoms with Crippen LogP contribution >= 0.6 is 23.3 Å². The van der Waals surface area contributed by atoms with Gasteiger partial charge in [0.1, 0.15) is 4.21 Å². The summed E-state index contributed by atoms with van der Waals surface area (Å²) in [6.45, 7) is 6.34. The minimum atomic E-state index is 0.0778. The lowest BCUT2D eigenvalue weighted by Crippen LogP contribution is -2.29. The molecule has 0 spiro atoms. The Bertz CT molecular complexity index is 304. The third-order valence-electron chi connectivity index (χ3n) is 1.39. The van der Waals surface area contributed by atoms with Gasteiger partial charge in [0.05, 0.1) is 12.8 Å². The Balaban J connectivity index is 2.67. The van der Waals surface area contributed by atoms with Crippen LogP contribution in [0.5, 0.6) is 5.75 Å². The number of ether oxygens (including phenoxy) is 1. The largest absolute Gasteiger partial charge is 0.492 e. The Morgan fingerprint density at radius 1 is 1.50 bits per heavy atom. The number of nitrogens with one attached hydrogen (secondary N) is 1. The van der Waals surface area contributed by atoms with E-state index in [0.717, 1.165) is 9.96 Å². The molecular weight excluding hydrogens is 216 g/mol. The number of nitrogen functional groups attached to an aromatic ring is 1. The van der Waals surface area contributed by atoms with Crippen molar-refractivity contribution in [1.82, 2.24) is 4.72 Å². The van der Waals surface area contributed by atoms with Crippen molar-refractivity contribution in [1.29, 1.82) is 0 Å². The molecule has 0 aliphatic rings. The van der Waals surface area contributed by atoms with Gasteiger partial charge in [-0.25, -0.2) is 0 Å². The standard InChI is InChI=1S/C9H16N2OS2/c1-9(2,3)11-14-8-7(12-4)6(10)5-13-8/h5,11H,10H2,1-4H3. The van der Waals surface area contributed by atoms with Gasteiger partial charge in [-0.1, -0.05) is 0 Å². The highest BCUT2D eigenvalue weighted by Crippen LogP contribution is 2.39. The van der Waals surface area contributed by atoms with Crippen molar-refractivity contribution in [2.45, 2.75) is 30.5 Å². The lowest BCUT2D eigenvalue weighted by molar-refractivity contribution is 0.410. The highest BCUT2D eigenvalue weighted by Gasteiger charge is 2.14. The van der Waals surface area contributed by atoms with E-state index in [4.69, 9.17) is 10.5 Å². The molecule has 0 atom stereocenters. The average Bonchev–Trinajstić information content (AvgIpc) is 2.41. The molecule has 5 heteroatoms. The Morgan fingerprint density at radius 3 is 2.64 bits per heavy atom. The molecular formula is C9H16N2OS2. The predicted molar refractivity (Wildman–Crippen MR) is 64.0 cm³/mol. The zero-order valence-electron chi connectivity index (χ0n) is 8.88. The lowest BCUT2D eigenvalue weighted by atomic mass is 10.1. The SMILES string of the molecule is COc1c(N)csc1SNC(C)(C)C. The molecule has 0 amide bonds. The Kier molecular flexibility index (Phi) is 3.69. The molecule has 3 N–H and O–H groups in total. The number of thiophene rings is 1. The van der Waals surface area contributed by atoms with E-state index in [1.165, 1.54) is 0 Å². The summed E-state index contributed by atoms with van der Waals surface area (Å²) >= 11 is 3.15. The minimum Gasteiger partial charge on any atom is -0.492 e. The van der Waals surface area contributed by atoms with Gasteiger partial charge in [0.2, 0.25) is 0 Å². The van der Waals surface area contributed by atoms with Crippen molar-refractivity contribution in [3.05, 3.63) is 5.38 Å². The van der Waals surface area contributed by atoms with Crippen LogP contribution in [-0.4, -0.2) is 12.6 Å². The van der Waals surface area contributed by atoms with Crippen LogP contribution in [0.4, 0.5) is 5.69 Å². The van der Waals surface area contributed by atoms with Crippen molar-refractivity contribution in [2.24, 2.45) is 0 Å². The second-order valence-electron chi connectivity index (χ2n) is 3.97. The fraction of sp³-hybridized carbons (Fsp3) is 0.556. The first-order chi connectivity index (χ1) is 6.44. The van der Waals surface area contributed by atoms with Crippen LogP contribution in [0.1, 0.15) is 20.8 Å². The minimum absolute atomic E-state index is 0.0778. The van der Waals surface area contributed by atoms with Crippen LogP contribution < -0.4 is 15.2 Å². The normalized spacial score (nSPS) is 11.7. The number of rotatable bonds is 3. The van der Waals surface area contributed by atoms with Gasteiger partial charge in [-0.15, -0.1) is 11.3 Å². The molecule has 0 radical (unpaired) electrons. The van der Waals surface area contributed by atoms with Crippen LogP contribution in [0.15, 0.2) is 9.59 Å². The molecule has 1 rings (SSSR count). The summed E-state index contributed by atoms with van der Waals surface area (Å²) in [6, 6.07) is 0. The first kappa shape index (κ1) is 11.7. The van der Waals surface area contributed by atoms with Crippen molar-refractivity contribution >= 4 is 29.0 Å². The fourth-order valence-corrected chi connectivity index (χ4v) is 2.62. The highest BCUT2D eigenvalue weighted by atomic mass is 32.2. The summed E-state index contributed by atoms with van der Waals surface area (Å²) < 4.78 is 9.59. The number of hydrogen-bond acceptors (Lipinski definition) is 5. The average molecular weight is 232 g/mol. The third kappa shape index (κ3) is 3.08. The maximum absolute atomic E-state index is 5.74. The molecule has 0 aliphatic heterocycles. The Morgan fingerprint density at radius 2 is 2.14 bits per heavy atom. The first-order valence-electron chi connectivity index (χ1n) is 4.29. The molecule has 0 unspecified atom stereocenters. The van der Waals surface area contributed by atoms with Crippen LogP contribution in [0.3, 0.4) is 0 Å². The molecule has 0 aromatic carbocycles. The summed E-state index contributed by atoms with van der Waals surface area (Å²) in [6.07, 6.45) is 0. The monoisotopic (exact) mass is 232 g/mol. The molecule has 1 aromatic heterocycles. The zero-order valence-corrected chi connectivity index (χ0v) is 10.5. The van der Waals surface area contributed by atoms with E-state index in [2.05, 4.69) is 25.5 Å². The van der Waals surface area contributed by atoms with Gasteiger partial charge in [-0.05, 0) is 32.7 Å².